The van der Waals surface area contributed by atoms with Gasteiger partial charge in [0, 0.05) is 35.4 Å². The Morgan fingerprint density at radius 1 is 0.967 bits per heavy atom. The van der Waals surface area contributed by atoms with Crippen molar-refractivity contribution in [1.82, 2.24) is 19.7 Å². The second-order valence-electron chi connectivity index (χ2n) is 6.18. The summed E-state index contributed by atoms with van der Waals surface area (Å²) in [7, 11) is 0. The number of para-hydroxylation sites is 1. The van der Waals surface area contributed by atoms with E-state index >= 15 is 0 Å². The molecule has 0 bridgehead atoms. The zero-order valence-corrected chi connectivity index (χ0v) is 16.3. The predicted molar refractivity (Wildman–Crippen MR) is 110 cm³/mol. The number of rotatable bonds is 6. The number of pyridine rings is 1. The third-order valence-electron chi connectivity index (χ3n) is 4.12. The quantitative estimate of drug-likeness (QED) is 0.467. The Morgan fingerprint density at radius 2 is 1.73 bits per heavy atom. The van der Waals surface area contributed by atoms with Gasteiger partial charge < -0.3 is 5.32 Å². The smallest absolute Gasteiger partial charge is 0.234 e. The first-order valence-corrected chi connectivity index (χ1v) is 9.89. The minimum Gasteiger partial charge on any atom is -0.325 e. The Bertz CT molecular complexity index is 1170. The number of nitrogens with one attached hydrogen (secondary N) is 1. The standard InChI is InChI=1S/C21H15F2N5OS/c22-17-7-6-15(12-18(17)23)25-19(29)13-30-21-27-26-20(14-8-10-24-11-9-14)28(21)16-4-2-1-3-5-16/h1-12H,13H2,(H,25,29). The maximum atomic E-state index is 13.3. The van der Waals surface area contributed by atoms with Gasteiger partial charge in [0.05, 0.1) is 5.75 Å². The number of anilines is 1. The van der Waals surface area contributed by atoms with Crippen LogP contribution in [0.25, 0.3) is 17.1 Å². The molecule has 6 nitrogen and oxygen atoms in total. The largest absolute Gasteiger partial charge is 0.325 e. The third kappa shape index (κ3) is 4.36. The molecule has 0 atom stereocenters. The van der Waals surface area contributed by atoms with Crippen molar-refractivity contribution in [2.45, 2.75) is 5.16 Å². The molecule has 30 heavy (non-hydrogen) atoms. The van der Waals surface area contributed by atoms with Gasteiger partial charge in [-0.2, -0.15) is 0 Å². The van der Waals surface area contributed by atoms with Crippen LogP contribution in [0, 0.1) is 11.6 Å². The highest BCUT2D eigenvalue weighted by atomic mass is 32.2. The van der Waals surface area contributed by atoms with Crippen LogP contribution >= 0.6 is 11.8 Å². The fourth-order valence-corrected chi connectivity index (χ4v) is 3.51. The number of carbonyl (C=O) groups excluding carboxylic acids is 1. The fraction of sp³-hybridized carbons (Fsp3) is 0.0476. The summed E-state index contributed by atoms with van der Waals surface area (Å²) in [4.78, 5) is 16.3. The Hall–Kier alpha value is -3.59. The molecule has 0 saturated heterocycles. The number of aromatic nitrogens is 4. The maximum absolute atomic E-state index is 13.3. The van der Waals surface area contributed by atoms with Gasteiger partial charge in [-0.3, -0.25) is 14.3 Å². The second kappa shape index (κ2) is 8.83. The first-order chi connectivity index (χ1) is 14.6. The van der Waals surface area contributed by atoms with Crippen molar-refractivity contribution in [3.05, 3.63) is 84.7 Å². The van der Waals surface area contributed by atoms with Crippen molar-refractivity contribution in [2.24, 2.45) is 0 Å². The van der Waals surface area contributed by atoms with Gasteiger partial charge in [-0.25, -0.2) is 8.78 Å². The van der Waals surface area contributed by atoms with Gasteiger partial charge in [0.1, 0.15) is 0 Å². The lowest BCUT2D eigenvalue weighted by atomic mass is 10.2. The monoisotopic (exact) mass is 423 g/mol. The van der Waals surface area contributed by atoms with Gasteiger partial charge in [-0.15, -0.1) is 10.2 Å². The molecule has 1 amide bonds. The van der Waals surface area contributed by atoms with Crippen LogP contribution in [-0.4, -0.2) is 31.4 Å². The molecule has 9 heteroatoms. The summed E-state index contributed by atoms with van der Waals surface area (Å²) in [6.45, 7) is 0. The van der Waals surface area contributed by atoms with Gasteiger partial charge in [-0.1, -0.05) is 30.0 Å². The van der Waals surface area contributed by atoms with Crippen LogP contribution in [0.1, 0.15) is 0 Å². The number of amides is 1. The van der Waals surface area contributed by atoms with Gasteiger partial charge >= 0.3 is 0 Å². The summed E-state index contributed by atoms with van der Waals surface area (Å²) in [5, 5.41) is 11.6. The Kier molecular flexibility index (Phi) is 5.80. The number of halogens is 2. The number of carbonyl (C=O) groups is 1. The Labute approximate surface area is 175 Å². The van der Waals surface area contributed by atoms with Crippen LogP contribution in [0.3, 0.4) is 0 Å². The topological polar surface area (TPSA) is 72.7 Å². The average Bonchev–Trinajstić information content (AvgIpc) is 3.20. The molecule has 2 aromatic heterocycles. The lowest BCUT2D eigenvalue weighted by Crippen LogP contribution is -2.14. The van der Waals surface area contributed by atoms with Crippen LogP contribution in [0.15, 0.2) is 78.2 Å². The zero-order chi connectivity index (χ0) is 20.9. The number of benzene rings is 2. The highest BCUT2D eigenvalue weighted by Crippen LogP contribution is 2.27. The Balaban J connectivity index is 1.56. The molecule has 0 radical (unpaired) electrons. The van der Waals surface area contributed by atoms with E-state index in [2.05, 4.69) is 20.5 Å². The van der Waals surface area contributed by atoms with E-state index in [0.717, 1.165) is 23.4 Å². The van der Waals surface area contributed by atoms with Crippen LogP contribution in [0.4, 0.5) is 14.5 Å². The summed E-state index contributed by atoms with van der Waals surface area (Å²) in [6, 6.07) is 16.4. The SMILES string of the molecule is O=C(CSc1nnc(-c2ccncc2)n1-c1ccccc1)Nc1ccc(F)c(F)c1. The molecule has 0 spiro atoms. The molecule has 0 aliphatic rings. The van der Waals surface area contributed by atoms with E-state index in [1.807, 2.05) is 47.0 Å². The van der Waals surface area contributed by atoms with E-state index in [1.54, 1.807) is 12.4 Å². The highest BCUT2D eigenvalue weighted by molar-refractivity contribution is 7.99. The van der Waals surface area contributed by atoms with E-state index in [-0.39, 0.29) is 17.3 Å². The van der Waals surface area contributed by atoms with Crippen LogP contribution in [-0.2, 0) is 4.79 Å². The first-order valence-electron chi connectivity index (χ1n) is 8.91. The van der Waals surface area contributed by atoms with Crippen molar-refractivity contribution in [1.29, 1.82) is 0 Å². The van der Waals surface area contributed by atoms with Gasteiger partial charge in [-0.05, 0) is 36.4 Å². The Morgan fingerprint density at radius 3 is 2.47 bits per heavy atom. The first kappa shape index (κ1) is 19.7. The average molecular weight is 423 g/mol. The third-order valence-corrected chi connectivity index (χ3v) is 5.05. The minimum absolute atomic E-state index is 0.0142. The second-order valence-corrected chi connectivity index (χ2v) is 7.12. The van der Waals surface area contributed by atoms with Crippen molar-refractivity contribution in [3.8, 4) is 17.1 Å². The van der Waals surface area contributed by atoms with Crippen LogP contribution in [0.5, 0.6) is 0 Å². The van der Waals surface area contributed by atoms with Crippen molar-refractivity contribution < 1.29 is 13.6 Å². The lowest BCUT2D eigenvalue weighted by molar-refractivity contribution is -0.113. The predicted octanol–water partition coefficient (Wildman–Crippen LogP) is 4.34. The molecule has 2 aromatic carbocycles. The van der Waals surface area contributed by atoms with E-state index in [0.29, 0.717) is 11.0 Å². The summed E-state index contributed by atoms with van der Waals surface area (Å²) in [5.74, 6) is -1.74. The van der Waals surface area contributed by atoms with E-state index in [9.17, 15) is 13.6 Å². The summed E-state index contributed by atoms with van der Waals surface area (Å²) in [6.07, 6.45) is 3.34. The molecule has 0 aliphatic carbocycles. The zero-order valence-electron chi connectivity index (χ0n) is 15.5. The minimum atomic E-state index is -1.02. The summed E-state index contributed by atoms with van der Waals surface area (Å²) >= 11 is 1.19. The molecule has 0 saturated carbocycles. The summed E-state index contributed by atoms with van der Waals surface area (Å²) in [5.41, 5.74) is 1.86. The molecular formula is C21H15F2N5OS. The highest BCUT2D eigenvalue weighted by Gasteiger charge is 2.17. The van der Waals surface area contributed by atoms with Crippen LogP contribution < -0.4 is 5.32 Å². The van der Waals surface area contributed by atoms with Gasteiger partial charge in [0.15, 0.2) is 22.6 Å². The molecule has 4 rings (SSSR count). The molecule has 0 aliphatic heterocycles. The molecule has 150 valence electrons. The van der Waals surface area contributed by atoms with Gasteiger partial charge in [0.25, 0.3) is 0 Å². The van der Waals surface area contributed by atoms with Crippen molar-refractivity contribution in [2.75, 3.05) is 11.1 Å². The lowest BCUT2D eigenvalue weighted by Gasteiger charge is -2.10. The number of hydrogen-bond donors (Lipinski definition) is 1. The number of nitrogens with zero attached hydrogens (tertiary/aromatic N) is 4. The number of hydrogen-bond acceptors (Lipinski definition) is 5. The van der Waals surface area contributed by atoms with E-state index in [1.165, 1.54) is 17.8 Å². The van der Waals surface area contributed by atoms with E-state index < -0.39 is 11.6 Å². The molecular weight excluding hydrogens is 408 g/mol. The molecule has 1 N–H and O–H groups in total. The summed E-state index contributed by atoms with van der Waals surface area (Å²) < 4.78 is 28.2. The van der Waals surface area contributed by atoms with E-state index in [4.69, 9.17) is 0 Å². The normalized spacial score (nSPS) is 10.7. The van der Waals surface area contributed by atoms with Crippen molar-refractivity contribution >= 4 is 23.4 Å². The molecule has 4 aromatic rings. The van der Waals surface area contributed by atoms with Crippen LogP contribution in [0.2, 0.25) is 0 Å². The fourth-order valence-electron chi connectivity index (χ4n) is 2.76. The molecule has 0 unspecified atom stereocenters. The molecule has 2 heterocycles. The van der Waals surface area contributed by atoms with Crippen molar-refractivity contribution in [3.63, 3.8) is 0 Å². The molecule has 0 fully saturated rings. The maximum Gasteiger partial charge on any atom is 0.234 e. The number of thioether (sulfide) groups is 1. The van der Waals surface area contributed by atoms with Gasteiger partial charge in [0.2, 0.25) is 5.91 Å².